The Hall–Kier alpha value is -3.78. The second kappa shape index (κ2) is 9.61. The summed E-state index contributed by atoms with van der Waals surface area (Å²) in [6.07, 6.45) is 3.11. The molecular formula is C25H24ClN3O5. The van der Waals surface area contributed by atoms with Crippen LogP contribution in [-0.4, -0.2) is 43.0 Å². The Balaban J connectivity index is 1.48. The monoisotopic (exact) mass is 481 g/mol. The third-order valence-electron chi connectivity index (χ3n) is 5.17. The predicted molar refractivity (Wildman–Crippen MR) is 130 cm³/mol. The van der Waals surface area contributed by atoms with Gasteiger partial charge in [0.05, 0.1) is 17.7 Å². The Morgan fingerprint density at radius 3 is 2.65 bits per heavy atom. The quantitative estimate of drug-likeness (QED) is 0.447. The lowest BCUT2D eigenvalue weighted by molar-refractivity contribution is -0.114. The van der Waals surface area contributed by atoms with Crippen molar-refractivity contribution in [2.24, 2.45) is 4.99 Å². The topological polar surface area (TPSA) is 93.4 Å². The zero-order valence-electron chi connectivity index (χ0n) is 19.3. The maximum Gasteiger partial charge on any atom is 0.282 e. The molecule has 0 spiro atoms. The number of carbonyl (C=O) groups excluding carboxylic acids is 1. The van der Waals surface area contributed by atoms with E-state index in [1.54, 1.807) is 25.1 Å². The average Bonchev–Trinajstić information content (AvgIpc) is 3.17. The van der Waals surface area contributed by atoms with Gasteiger partial charge in [-0.3, -0.25) is 10.2 Å². The molecular weight excluding hydrogens is 458 g/mol. The highest BCUT2D eigenvalue weighted by atomic mass is 35.5. The fraction of sp³-hybridized carbons (Fsp3) is 0.240. The van der Waals surface area contributed by atoms with Crippen LogP contribution in [0.1, 0.15) is 23.6 Å². The summed E-state index contributed by atoms with van der Waals surface area (Å²) in [5.74, 6) is 1.75. The Morgan fingerprint density at radius 2 is 1.88 bits per heavy atom. The molecule has 2 aliphatic heterocycles. The second-order valence-electron chi connectivity index (χ2n) is 7.82. The predicted octanol–water partition coefficient (Wildman–Crippen LogP) is 4.87. The number of aryl methyl sites for hydroxylation is 2. The van der Waals surface area contributed by atoms with Crippen molar-refractivity contribution in [3.63, 3.8) is 0 Å². The van der Waals surface area contributed by atoms with Crippen LogP contribution in [0.15, 0.2) is 52.7 Å². The Morgan fingerprint density at radius 1 is 1.12 bits per heavy atom. The second-order valence-corrected chi connectivity index (χ2v) is 8.23. The highest BCUT2D eigenvalue weighted by Gasteiger charge is 2.34. The van der Waals surface area contributed by atoms with E-state index in [1.165, 1.54) is 18.2 Å². The van der Waals surface area contributed by atoms with E-state index in [4.69, 9.17) is 36.1 Å². The third-order valence-corrected chi connectivity index (χ3v) is 5.45. The van der Waals surface area contributed by atoms with Crippen LogP contribution in [0.4, 0.5) is 0 Å². The Kier molecular flexibility index (Phi) is 6.61. The zero-order chi connectivity index (χ0) is 24.4. The fourth-order valence-electron chi connectivity index (χ4n) is 3.49. The number of ether oxygens (including phenoxy) is 3. The number of nitrogens with one attached hydrogen (secondary N) is 1. The van der Waals surface area contributed by atoms with Gasteiger partial charge in [-0.1, -0.05) is 23.7 Å². The van der Waals surface area contributed by atoms with Gasteiger partial charge in [0.1, 0.15) is 24.7 Å². The summed E-state index contributed by atoms with van der Waals surface area (Å²) in [4.78, 5) is 21.9. The van der Waals surface area contributed by atoms with Crippen LogP contribution in [-0.2, 0) is 9.63 Å². The van der Waals surface area contributed by atoms with Gasteiger partial charge in [-0.05, 0) is 61.7 Å². The van der Waals surface area contributed by atoms with Crippen molar-refractivity contribution < 1.29 is 23.8 Å². The zero-order valence-corrected chi connectivity index (χ0v) is 20.0. The van der Waals surface area contributed by atoms with Gasteiger partial charge >= 0.3 is 0 Å². The first kappa shape index (κ1) is 23.4. The van der Waals surface area contributed by atoms with Crippen LogP contribution in [0, 0.1) is 19.3 Å². The van der Waals surface area contributed by atoms with Gasteiger partial charge in [0.2, 0.25) is 0 Å². The van der Waals surface area contributed by atoms with Crippen LogP contribution in [0.25, 0.3) is 6.08 Å². The molecule has 2 aliphatic rings. The molecule has 4 rings (SSSR count). The van der Waals surface area contributed by atoms with Gasteiger partial charge in [-0.25, -0.2) is 0 Å². The van der Waals surface area contributed by atoms with Crippen molar-refractivity contribution in [3.05, 3.63) is 69.5 Å². The molecule has 0 unspecified atom stereocenters. The van der Waals surface area contributed by atoms with E-state index in [0.29, 0.717) is 34.5 Å². The number of amides is 1. The first-order valence-corrected chi connectivity index (χ1v) is 10.9. The summed E-state index contributed by atoms with van der Waals surface area (Å²) in [7, 11) is 1.50. The number of halogens is 1. The average molecular weight is 482 g/mol. The highest BCUT2D eigenvalue weighted by Crippen LogP contribution is 2.37. The maximum absolute atomic E-state index is 12.5. The Bertz CT molecular complexity index is 1270. The number of fused-ring (bicyclic) bond motifs is 1. The molecule has 9 heteroatoms. The summed E-state index contributed by atoms with van der Waals surface area (Å²) >= 11 is 6.47. The number of hydroxylamine groups is 2. The molecule has 2 aromatic rings. The summed E-state index contributed by atoms with van der Waals surface area (Å²) in [6.45, 7) is 6.29. The van der Waals surface area contributed by atoms with Gasteiger partial charge in [-0.15, -0.1) is 5.06 Å². The van der Waals surface area contributed by atoms with Gasteiger partial charge in [-0.2, -0.15) is 4.99 Å². The van der Waals surface area contributed by atoms with Crippen LogP contribution in [0.3, 0.4) is 0 Å². The van der Waals surface area contributed by atoms with E-state index in [1.807, 2.05) is 32.0 Å². The maximum atomic E-state index is 12.5. The number of methoxy groups -OCH3 is 1. The molecule has 0 radical (unpaired) electrons. The van der Waals surface area contributed by atoms with E-state index in [0.717, 1.165) is 16.9 Å². The lowest BCUT2D eigenvalue weighted by atomic mass is 10.1. The van der Waals surface area contributed by atoms with Crippen LogP contribution in [0.5, 0.6) is 17.2 Å². The molecule has 2 heterocycles. The van der Waals surface area contributed by atoms with Gasteiger partial charge < -0.3 is 19.0 Å². The highest BCUT2D eigenvalue weighted by molar-refractivity contribution is 6.33. The molecule has 0 saturated heterocycles. The molecule has 176 valence electrons. The molecule has 1 amide bonds. The van der Waals surface area contributed by atoms with Crippen molar-refractivity contribution in [3.8, 4) is 17.2 Å². The fourth-order valence-corrected chi connectivity index (χ4v) is 3.76. The molecule has 0 bridgehead atoms. The molecule has 0 saturated carbocycles. The van der Waals surface area contributed by atoms with E-state index < -0.39 is 5.91 Å². The molecule has 1 N–H and O–H groups in total. The van der Waals surface area contributed by atoms with Crippen molar-refractivity contribution in [2.75, 3.05) is 20.3 Å². The number of benzene rings is 2. The minimum absolute atomic E-state index is 0.0700. The van der Waals surface area contributed by atoms with Crippen molar-refractivity contribution in [1.29, 1.82) is 5.41 Å². The van der Waals surface area contributed by atoms with Crippen molar-refractivity contribution in [2.45, 2.75) is 20.8 Å². The van der Waals surface area contributed by atoms with Crippen LogP contribution >= 0.6 is 11.6 Å². The summed E-state index contributed by atoms with van der Waals surface area (Å²) < 4.78 is 17.1. The van der Waals surface area contributed by atoms with Crippen molar-refractivity contribution in [1.82, 2.24) is 5.06 Å². The van der Waals surface area contributed by atoms with Gasteiger partial charge in [0.15, 0.2) is 23.2 Å². The van der Waals surface area contributed by atoms with Gasteiger partial charge in [0, 0.05) is 6.08 Å². The number of carbonyl (C=O) groups is 1. The molecule has 0 aliphatic carbocycles. The summed E-state index contributed by atoms with van der Waals surface area (Å²) in [5.41, 5.74) is 2.78. The Labute approximate surface area is 202 Å². The molecule has 0 fully saturated rings. The van der Waals surface area contributed by atoms with Gasteiger partial charge in [0.25, 0.3) is 5.91 Å². The lowest BCUT2D eigenvalue weighted by Gasteiger charge is -2.23. The molecule has 2 aromatic carbocycles. The number of allylic oxidation sites excluding steroid dienone is 1. The first-order valence-electron chi connectivity index (χ1n) is 10.6. The molecule has 8 nitrogen and oxygen atoms in total. The first-order chi connectivity index (χ1) is 16.3. The number of hydrogen-bond acceptors (Lipinski definition) is 6. The SMILES string of the molecule is COc1cc(/C=C2\C(=N)N3OC(C)=CC3=NC2=O)cc(Cl)c1OCCOc1cc(C)ccc1C. The van der Waals surface area contributed by atoms with E-state index in [9.17, 15) is 4.79 Å². The molecule has 34 heavy (non-hydrogen) atoms. The minimum atomic E-state index is -0.537. The van der Waals surface area contributed by atoms with E-state index >= 15 is 0 Å². The van der Waals surface area contributed by atoms with Crippen LogP contribution < -0.4 is 14.2 Å². The molecule has 0 atom stereocenters. The number of amidine groups is 2. The summed E-state index contributed by atoms with van der Waals surface area (Å²) in [5, 5.41) is 9.85. The number of aliphatic imine (C=N–C) groups is 1. The smallest absolute Gasteiger partial charge is 0.282 e. The van der Waals surface area contributed by atoms with Crippen LogP contribution in [0.2, 0.25) is 5.02 Å². The normalized spacial score (nSPS) is 16.1. The standard InChI is InChI=1S/C25H24ClN3O5/c1-14-5-6-15(2)20(9-14)32-7-8-33-23-19(26)12-17(13-21(23)31-4)11-18-24(27)29-22(28-25(18)30)10-16(3)34-29/h5-6,9-13,27H,7-8H2,1-4H3/b18-11+,27-24?. The summed E-state index contributed by atoms with van der Waals surface area (Å²) in [6, 6.07) is 9.33. The number of nitrogens with zero attached hydrogens (tertiary/aromatic N) is 2. The largest absolute Gasteiger partial charge is 0.493 e. The van der Waals surface area contributed by atoms with Crippen molar-refractivity contribution >= 4 is 35.3 Å². The van der Waals surface area contributed by atoms with E-state index in [-0.39, 0.29) is 23.9 Å². The lowest BCUT2D eigenvalue weighted by Crippen LogP contribution is -2.38. The number of rotatable bonds is 7. The minimum Gasteiger partial charge on any atom is -0.493 e. The number of hydrogen-bond donors (Lipinski definition) is 1. The third kappa shape index (κ3) is 4.77. The molecule has 0 aromatic heterocycles. The van der Waals surface area contributed by atoms with E-state index in [2.05, 4.69) is 4.99 Å².